The second-order valence-electron chi connectivity index (χ2n) is 7.14. The number of para-hydroxylation sites is 2. The lowest BCUT2D eigenvalue weighted by atomic mass is 9.99. The highest BCUT2D eigenvalue weighted by Crippen LogP contribution is 2.21. The first kappa shape index (κ1) is 20.7. The van der Waals surface area contributed by atoms with E-state index in [0.29, 0.717) is 18.5 Å². The van der Waals surface area contributed by atoms with Crippen LogP contribution in [0.2, 0.25) is 0 Å². The number of hydrazone groups is 1. The van der Waals surface area contributed by atoms with Crippen molar-refractivity contribution in [3.63, 3.8) is 0 Å². The normalized spacial score (nSPS) is 11.5. The van der Waals surface area contributed by atoms with E-state index in [1.807, 2.05) is 20.8 Å². The van der Waals surface area contributed by atoms with Gasteiger partial charge in [-0.25, -0.2) is 5.43 Å². The van der Waals surface area contributed by atoms with Crippen molar-refractivity contribution in [2.24, 2.45) is 10.5 Å². The maximum Gasteiger partial charge on any atom is 0.240 e. The third-order valence-electron chi connectivity index (χ3n) is 3.38. The van der Waals surface area contributed by atoms with Crippen molar-refractivity contribution in [3.05, 3.63) is 24.3 Å². The van der Waals surface area contributed by atoms with E-state index in [4.69, 9.17) is 0 Å². The Bertz CT molecular complexity index is 592. The van der Waals surface area contributed by atoms with Gasteiger partial charge in [-0.15, -0.1) is 0 Å². The number of amides is 2. The van der Waals surface area contributed by atoms with E-state index in [1.165, 1.54) is 6.07 Å². The van der Waals surface area contributed by atoms with Crippen LogP contribution in [-0.2, 0) is 9.59 Å². The molecular formula is C19H29N3O3. The van der Waals surface area contributed by atoms with E-state index in [9.17, 15) is 14.7 Å². The lowest BCUT2D eigenvalue weighted by molar-refractivity contribution is -0.121. The summed E-state index contributed by atoms with van der Waals surface area (Å²) in [5.74, 6) is -0.135. The fraction of sp³-hybridized carbons (Fsp3) is 0.526. The second kappa shape index (κ2) is 10.5. The van der Waals surface area contributed by atoms with Crippen LogP contribution in [0.5, 0.6) is 5.75 Å². The van der Waals surface area contributed by atoms with Crippen molar-refractivity contribution in [3.8, 4) is 5.75 Å². The number of rotatable bonds is 9. The molecule has 0 radical (unpaired) electrons. The van der Waals surface area contributed by atoms with Crippen LogP contribution in [0.25, 0.3) is 0 Å². The van der Waals surface area contributed by atoms with Crippen LogP contribution in [0.3, 0.4) is 0 Å². The Morgan fingerprint density at radius 3 is 2.24 bits per heavy atom. The molecule has 0 fully saturated rings. The molecule has 1 aromatic rings. The summed E-state index contributed by atoms with van der Waals surface area (Å²) in [7, 11) is 0. The highest BCUT2D eigenvalue weighted by molar-refractivity contribution is 5.92. The molecule has 0 spiro atoms. The fourth-order valence-corrected chi connectivity index (χ4v) is 2.07. The van der Waals surface area contributed by atoms with Gasteiger partial charge in [0, 0.05) is 19.1 Å². The minimum absolute atomic E-state index is 0.0512. The summed E-state index contributed by atoms with van der Waals surface area (Å²) in [5.41, 5.74) is 2.90. The summed E-state index contributed by atoms with van der Waals surface area (Å²) in [4.78, 5) is 23.4. The molecule has 138 valence electrons. The molecule has 2 amide bonds. The average Bonchev–Trinajstić information content (AvgIpc) is 2.51. The Labute approximate surface area is 149 Å². The van der Waals surface area contributed by atoms with Gasteiger partial charge >= 0.3 is 0 Å². The minimum atomic E-state index is -0.115. The topological polar surface area (TPSA) is 90.8 Å². The molecule has 0 aliphatic carbocycles. The van der Waals surface area contributed by atoms with Crippen LogP contribution in [0, 0.1) is 5.41 Å². The third kappa shape index (κ3) is 10.2. The van der Waals surface area contributed by atoms with Crippen LogP contribution in [0.15, 0.2) is 29.4 Å². The van der Waals surface area contributed by atoms with Gasteiger partial charge in [0.15, 0.2) is 0 Å². The predicted octanol–water partition coefficient (Wildman–Crippen LogP) is 3.82. The number of nitrogens with one attached hydrogen (secondary N) is 2. The summed E-state index contributed by atoms with van der Waals surface area (Å²) in [6, 6.07) is 6.65. The highest BCUT2D eigenvalue weighted by atomic mass is 16.3. The lowest BCUT2D eigenvalue weighted by Gasteiger charge is -2.09. The third-order valence-corrected chi connectivity index (χ3v) is 3.38. The quantitative estimate of drug-likeness (QED) is 0.274. The van der Waals surface area contributed by atoms with Gasteiger partial charge in [-0.1, -0.05) is 45.7 Å². The van der Waals surface area contributed by atoms with E-state index in [1.54, 1.807) is 24.4 Å². The molecule has 3 N–H and O–H groups in total. The summed E-state index contributed by atoms with van der Waals surface area (Å²) in [5, 5.41) is 16.2. The molecule has 0 bridgehead atoms. The summed E-state index contributed by atoms with van der Waals surface area (Å²) < 4.78 is 0. The molecule has 0 unspecified atom stereocenters. The van der Waals surface area contributed by atoms with Gasteiger partial charge in [0.2, 0.25) is 11.8 Å². The van der Waals surface area contributed by atoms with Crippen LogP contribution in [0.4, 0.5) is 5.69 Å². The van der Waals surface area contributed by atoms with Gasteiger partial charge in [-0.3, -0.25) is 9.59 Å². The van der Waals surface area contributed by atoms with Gasteiger partial charge in [0.05, 0.1) is 5.69 Å². The maximum absolute atomic E-state index is 11.8. The standard InChI is InChI=1S/C19H29N3O3/c1-19(2,3)14-20-22-18(25)13-7-5-4-6-12-17(24)21-15-10-8-9-11-16(15)23/h8-11,14,23H,4-7,12-13H2,1-3H3,(H,21,24)(H,22,25)/b20-14+. The van der Waals surface area contributed by atoms with E-state index < -0.39 is 0 Å². The number of nitrogens with zero attached hydrogens (tertiary/aromatic N) is 1. The van der Waals surface area contributed by atoms with Crippen molar-refractivity contribution < 1.29 is 14.7 Å². The van der Waals surface area contributed by atoms with Gasteiger partial charge in [-0.05, 0) is 30.4 Å². The second-order valence-corrected chi connectivity index (χ2v) is 7.14. The van der Waals surface area contributed by atoms with E-state index in [2.05, 4.69) is 15.8 Å². The van der Waals surface area contributed by atoms with Crippen molar-refractivity contribution in [2.45, 2.75) is 59.3 Å². The molecule has 6 nitrogen and oxygen atoms in total. The minimum Gasteiger partial charge on any atom is -0.506 e. The summed E-state index contributed by atoms with van der Waals surface area (Å²) >= 11 is 0. The summed E-state index contributed by atoms with van der Waals surface area (Å²) in [6.45, 7) is 6.04. The van der Waals surface area contributed by atoms with Gasteiger partial charge in [-0.2, -0.15) is 5.10 Å². The largest absolute Gasteiger partial charge is 0.506 e. The van der Waals surface area contributed by atoms with E-state index in [0.717, 1.165) is 25.7 Å². The highest BCUT2D eigenvalue weighted by Gasteiger charge is 2.07. The molecule has 0 saturated carbocycles. The van der Waals surface area contributed by atoms with Gasteiger partial charge in [0.25, 0.3) is 0 Å². The molecule has 0 aliphatic rings. The van der Waals surface area contributed by atoms with E-state index in [-0.39, 0.29) is 23.0 Å². The number of hydrogen-bond donors (Lipinski definition) is 3. The van der Waals surface area contributed by atoms with Crippen LogP contribution < -0.4 is 10.7 Å². The molecule has 1 aromatic carbocycles. The first-order valence-corrected chi connectivity index (χ1v) is 8.69. The smallest absolute Gasteiger partial charge is 0.240 e. The molecule has 6 heteroatoms. The summed E-state index contributed by atoms with van der Waals surface area (Å²) in [6.07, 6.45) is 5.85. The Hall–Kier alpha value is -2.37. The Morgan fingerprint density at radius 1 is 1.04 bits per heavy atom. The maximum atomic E-state index is 11.8. The Kier molecular flexibility index (Phi) is 8.67. The first-order valence-electron chi connectivity index (χ1n) is 8.69. The number of carbonyl (C=O) groups is 2. The Balaban J connectivity index is 2.08. The average molecular weight is 347 g/mol. The van der Waals surface area contributed by atoms with Crippen molar-refractivity contribution in [2.75, 3.05) is 5.32 Å². The molecule has 1 rings (SSSR count). The van der Waals surface area contributed by atoms with Crippen LogP contribution in [0.1, 0.15) is 59.3 Å². The van der Waals surface area contributed by atoms with Crippen LogP contribution in [-0.4, -0.2) is 23.1 Å². The monoisotopic (exact) mass is 347 g/mol. The number of anilines is 1. The zero-order valence-corrected chi connectivity index (χ0v) is 15.3. The SMILES string of the molecule is CC(C)(C)/C=N/NC(=O)CCCCCCC(=O)Nc1ccccc1O. The molecule has 0 atom stereocenters. The number of unbranched alkanes of at least 4 members (excludes halogenated alkanes) is 3. The zero-order chi connectivity index (χ0) is 18.7. The number of phenols is 1. The molecule has 0 saturated heterocycles. The fourth-order valence-electron chi connectivity index (χ4n) is 2.07. The van der Waals surface area contributed by atoms with Crippen LogP contribution >= 0.6 is 0 Å². The zero-order valence-electron chi connectivity index (χ0n) is 15.3. The predicted molar refractivity (Wildman–Crippen MR) is 101 cm³/mol. The number of phenolic OH excluding ortho intramolecular Hbond substituents is 1. The number of carbonyl (C=O) groups excluding carboxylic acids is 2. The molecule has 25 heavy (non-hydrogen) atoms. The van der Waals surface area contributed by atoms with Gasteiger partial charge in [0.1, 0.15) is 5.75 Å². The van der Waals surface area contributed by atoms with Gasteiger partial charge < -0.3 is 10.4 Å². The molecule has 0 aliphatic heterocycles. The number of aromatic hydroxyl groups is 1. The molecule has 0 aromatic heterocycles. The lowest BCUT2D eigenvalue weighted by Crippen LogP contribution is -2.19. The number of benzene rings is 1. The van der Waals surface area contributed by atoms with Crippen molar-refractivity contribution >= 4 is 23.7 Å². The van der Waals surface area contributed by atoms with Crippen molar-refractivity contribution in [1.29, 1.82) is 0 Å². The molecular weight excluding hydrogens is 318 g/mol. The van der Waals surface area contributed by atoms with Crippen molar-refractivity contribution in [1.82, 2.24) is 5.43 Å². The van der Waals surface area contributed by atoms with E-state index >= 15 is 0 Å². The Morgan fingerprint density at radius 2 is 1.64 bits per heavy atom. The number of hydrogen-bond acceptors (Lipinski definition) is 4. The first-order chi connectivity index (χ1) is 11.8. The molecule has 0 heterocycles.